The first-order chi connectivity index (χ1) is 11.6. The molecule has 0 bridgehead atoms. The molecule has 7 nitrogen and oxygen atoms in total. The zero-order valence-corrected chi connectivity index (χ0v) is 15.6. The van der Waals surface area contributed by atoms with Gasteiger partial charge in [0.1, 0.15) is 5.82 Å². The smallest absolute Gasteiger partial charge is 0.339 e. The topological polar surface area (TPSA) is 88.8 Å². The third-order valence-corrected chi connectivity index (χ3v) is 4.09. The quantitative estimate of drug-likeness (QED) is 0.762. The summed E-state index contributed by atoms with van der Waals surface area (Å²) in [6, 6.07) is 3.13. The number of hydrogen-bond donors (Lipinski definition) is 1. The van der Waals surface area contributed by atoms with Crippen LogP contribution in [0.25, 0.3) is 0 Å². The van der Waals surface area contributed by atoms with E-state index in [1.165, 1.54) is 6.20 Å². The number of pyridine rings is 1. The van der Waals surface area contributed by atoms with E-state index in [-0.39, 0.29) is 24.3 Å². The van der Waals surface area contributed by atoms with Crippen LogP contribution in [-0.4, -0.2) is 60.6 Å². The number of carbonyl (C=O) groups is 2. The predicted octanol–water partition coefficient (Wildman–Crippen LogP) is 1.46. The maximum Gasteiger partial charge on any atom is 0.339 e. The molecule has 0 radical (unpaired) electrons. The number of hydrogen-bond acceptors (Lipinski definition) is 6. The van der Waals surface area contributed by atoms with E-state index in [2.05, 4.69) is 9.88 Å². The van der Waals surface area contributed by atoms with Gasteiger partial charge < -0.3 is 20.3 Å². The van der Waals surface area contributed by atoms with Crippen LogP contribution in [0.5, 0.6) is 0 Å². The van der Waals surface area contributed by atoms with E-state index in [1.807, 2.05) is 17.9 Å². The van der Waals surface area contributed by atoms with Crippen LogP contribution in [0.2, 0.25) is 0 Å². The van der Waals surface area contributed by atoms with E-state index in [4.69, 9.17) is 10.5 Å². The van der Waals surface area contributed by atoms with E-state index in [0.717, 1.165) is 18.7 Å². The molecule has 0 aromatic carbocycles. The number of rotatable bonds is 6. The minimum Gasteiger partial charge on any atom is -0.462 e. The highest BCUT2D eigenvalue weighted by molar-refractivity contribution is 5.89. The fraction of sp³-hybridized carbons (Fsp3) is 0.588. The lowest BCUT2D eigenvalue weighted by atomic mass is 10.1. The Bertz CT molecular complexity index is 560. The van der Waals surface area contributed by atoms with E-state index in [9.17, 15) is 9.59 Å². The molecule has 0 saturated carbocycles. The molecule has 0 aliphatic carbocycles. The molecule has 140 valence electrons. The van der Waals surface area contributed by atoms with Gasteiger partial charge in [0.15, 0.2) is 0 Å². The van der Waals surface area contributed by atoms with Gasteiger partial charge in [0.2, 0.25) is 5.91 Å². The van der Waals surface area contributed by atoms with Gasteiger partial charge in [-0.2, -0.15) is 0 Å². The molecule has 0 spiro atoms. The first kappa shape index (κ1) is 21.2. The number of nitrogens with zero attached hydrogens (tertiary/aromatic N) is 3. The van der Waals surface area contributed by atoms with Crippen molar-refractivity contribution >= 4 is 30.1 Å². The van der Waals surface area contributed by atoms with Crippen LogP contribution in [0.15, 0.2) is 18.3 Å². The molecule has 1 saturated heterocycles. The van der Waals surface area contributed by atoms with E-state index in [0.29, 0.717) is 38.3 Å². The van der Waals surface area contributed by atoms with Crippen molar-refractivity contribution in [1.29, 1.82) is 0 Å². The molecule has 2 rings (SSSR count). The predicted molar refractivity (Wildman–Crippen MR) is 99.1 cm³/mol. The first-order valence-corrected chi connectivity index (χ1v) is 8.49. The standard InChI is InChI=1S/C17H26N4O3.ClH/c1-3-5-14(18)16(22)21-10-8-20(9-11-21)15-7-6-13(12-19-15)17(23)24-4-2;/h6-7,12,14H,3-5,8-11,18H2,1-2H3;1H. The second-order valence-corrected chi connectivity index (χ2v) is 5.83. The lowest BCUT2D eigenvalue weighted by Crippen LogP contribution is -2.53. The molecule has 1 aliphatic heterocycles. The van der Waals surface area contributed by atoms with Gasteiger partial charge in [0.05, 0.1) is 18.2 Å². The van der Waals surface area contributed by atoms with E-state index >= 15 is 0 Å². The summed E-state index contributed by atoms with van der Waals surface area (Å²) in [6.45, 7) is 6.82. The summed E-state index contributed by atoms with van der Waals surface area (Å²) < 4.78 is 4.95. The third kappa shape index (κ3) is 5.57. The summed E-state index contributed by atoms with van der Waals surface area (Å²) in [4.78, 5) is 32.1. The van der Waals surface area contributed by atoms with Crippen molar-refractivity contribution < 1.29 is 14.3 Å². The minimum atomic E-state index is -0.400. The summed E-state index contributed by atoms with van der Waals surface area (Å²) in [5.41, 5.74) is 6.36. The van der Waals surface area contributed by atoms with Crippen LogP contribution in [0.1, 0.15) is 37.0 Å². The summed E-state index contributed by atoms with van der Waals surface area (Å²) >= 11 is 0. The van der Waals surface area contributed by atoms with Gasteiger partial charge in [0.25, 0.3) is 0 Å². The SMILES string of the molecule is CCCC(N)C(=O)N1CCN(c2ccc(C(=O)OCC)cn2)CC1.Cl. The second-order valence-electron chi connectivity index (χ2n) is 5.83. The van der Waals surface area contributed by atoms with Gasteiger partial charge in [0, 0.05) is 32.4 Å². The zero-order valence-electron chi connectivity index (χ0n) is 14.8. The third-order valence-electron chi connectivity index (χ3n) is 4.09. The number of nitrogens with two attached hydrogens (primary N) is 1. The summed E-state index contributed by atoms with van der Waals surface area (Å²) in [5.74, 6) is 0.465. The molecular formula is C17H27ClN4O3. The van der Waals surface area contributed by atoms with Crippen molar-refractivity contribution in [3.8, 4) is 0 Å². The Hall–Kier alpha value is -1.86. The fourth-order valence-electron chi connectivity index (χ4n) is 2.73. The summed E-state index contributed by atoms with van der Waals surface area (Å²) in [7, 11) is 0. The molecule has 2 N–H and O–H groups in total. The molecule has 25 heavy (non-hydrogen) atoms. The van der Waals surface area contributed by atoms with Gasteiger partial charge in [-0.3, -0.25) is 4.79 Å². The molecule has 1 amide bonds. The van der Waals surface area contributed by atoms with Crippen LogP contribution in [0, 0.1) is 0 Å². The normalized spacial score (nSPS) is 15.3. The average Bonchev–Trinajstić information content (AvgIpc) is 2.62. The van der Waals surface area contributed by atoms with Crippen LogP contribution >= 0.6 is 12.4 Å². The largest absolute Gasteiger partial charge is 0.462 e. The highest BCUT2D eigenvalue weighted by Crippen LogP contribution is 2.15. The minimum absolute atomic E-state index is 0. The van der Waals surface area contributed by atoms with Crippen LogP contribution in [0.3, 0.4) is 0 Å². The molecular weight excluding hydrogens is 344 g/mol. The van der Waals surface area contributed by atoms with Crippen molar-refractivity contribution in [2.24, 2.45) is 5.73 Å². The molecule has 1 atom stereocenters. The molecule has 8 heteroatoms. The van der Waals surface area contributed by atoms with Crippen molar-refractivity contribution in [1.82, 2.24) is 9.88 Å². The lowest BCUT2D eigenvalue weighted by molar-refractivity contribution is -0.133. The number of amides is 1. The summed E-state index contributed by atoms with van der Waals surface area (Å²) in [6.07, 6.45) is 3.15. The number of halogens is 1. The van der Waals surface area contributed by atoms with E-state index < -0.39 is 6.04 Å². The van der Waals surface area contributed by atoms with E-state index in [1.54, 1.807) is 13.0 Å². The maximum absolute atomic E-state index is 12.2. The van der Waals surface area contributed by atoms with Crippen molar-refractivity contribution in [2.45, 2.75) is 32.7 Å². The van der Waals surface area contributed by atoms with Gasteiger partial charge in [-0.05, 0) is 25.5 Å². The van der Waals surface area contributed by atoms with Gasteiger partial charge >= 0.3 is 5.97 Å². The van der Waals surface area contributed by atoms with Gasteiger partial charge in [-0.15, -0.1) is 12.4 Å². The summed E-state index contributed by atoms with van der Waals surface area (Å²) in [5, 5.41) is 0. The maximum atomic E-state index is 12.2. The Morgan fingerprint density at radius 1 is 1.24 bits per heavy atom. The molecule has 1 aromatic rings. The highest BCUT2D eigenvalue weighted by atomic mass is 35.5. The number of esters is 1. The monoisotopic (exact) mass is 370 g/mol. The second kappa shape index (κ2) is 10.2. The number of ether oxygens (including phenoxy) is 1. The Kier molecular flexibility index (Phi) is 8.65. The van der Waals surface area contributed by atoms with Gasteiger partial charge in [-0.25, -0.2) is 9.78 Å². The van der Waals surface area contributed by atoms with Gasteiger partial charge in [-0.1, -0.05) is 13.3 Å². The van der Waals surface area contributed by atoms with Crippen LogP contribution in [-0.2, 0) is 9.53 Å². The first-order valence-electron chi connectivity index (χ1n) is 8.49. The number of carbonyl (C=O) groups excluding carboxylic acids is 2. The molecule has 1 unspecified atom stereocenters. The Balaban J connectivity index is 0.00000312. The van der Waals surface area contributed by atoms with Crippen molar-refractivity contribution in [2.75, 3.05) is 37.7 Å². The van der Waals surface area contributed by atoms with Crippen LogP contribution < -0.4 is 10.6 Å². The van der Waals surface area contributed by atoms with Crippen LogP contribution in [0.4, 0.5) is 5.82 Å². The Morgan fingerprint density at radius 2 is 1.92 bits per heavy atom. The molecule has 1 aliphatic rings. The Labute approximate surface area is 154 Å². The fourth-order valence-corrected chi connectivity index (χ4v) is 2.73. The molecule has 1 aromatic heterocycles. The lowest BCUT2D eigenvalue weighted by Gasteiger charge is -2.36. The molecule has 1 fully saturated rings. The Morgan fingerprint density at radius 3 is 2.44 bits per heavy atom. The molecule has 2 heterocycles. The highest BCUT2D eigenvalue weighted by Gasteiger charge is 2.25. The average molecular weight is 371 g/mol. The number of piperazine rings is 1. The number of anilines is 1. The zero-order chi connectivity index (χ0) is 17.5. The van der Waals surface area contributed by atoms with Crippen molar-refractivity contribution in [3.63, 3.8) is 0 Å². The number of aromatic nitrogens is 1. The van der Waals surface area contributed by atoms with Crippen molar-refractivity contribution in [3.05, 3.63) is 23.9 Å².